The fraction of sp³-hybridized carbons (Fsp3) is 0.650. The molecule has 2 N–H and O–H groups in total. The molecule has 0 atom stereocenters. The third-order valence-corrected chi connectivity index (χ3v) is 4.68. The highest BCUT2D eigenvalue weighted by molar-refractivity contribution is 14.0. The number of ether oxygens (including phenoxy) is 2. The van der Waals surface area contributed by atoms with Crippen LogP contribution in [0.25, 0.3) is 0 Å². The Balaban J connectivity index is 0.00000364. The molecule has 0 unspecified atom stereocenters. The van der Waals surface area contributed by atoms with E-state index in [2.05, 4.69) is 53.4 Å². The van der Waals surface area contributed by atoms with E-state index in [4.69, 9.17) is 9.47 Å². The molecule has 0 radical (unpaired) electrons. The highest BCUT2D eigenvalue weighted by Crippen LogP contribution is 2.15. The summed E-state index contributed by atoms with van der Waals surface area (Å²) in [6, 6.07) is 8.15. The smallest absolute Gasteiger partial charge is 0.191 e. The van der Waals surface area contributed by atoms with E-state index < -0.39 is 0 Å². The average molecular weight is 490 g/mol. The molecule has 1 fully saturated rings. The van der Waals surface area contributed by atoms with Gasteiger partial charge in [0.25, 0.3) is 0 Å². The van der Waals surface area contributed by atoms with E-state index in [-0.39, 0.29) is 29.5 Å². The van der Waals surface area contributed by atoms with Gasteiger partial charge in [-0.1, -0.05) is 17.7 Å². The number of hydrogen-bond donors (Lipinski definition) is 2. The van der Waals surface area contributed by atoms with Crippen LogP contribution in [0.4, 0.5) is 0 Å². The van der Waals surface area contributed by atoms with Crippen molar-refractivity contribution in [3.63, 3.8) is 0 Å². The van der Waals surface area contributed by atoms with E-state index in [0.717, 1.165) is 57.5 Å². The first kappa shape index (κ1) is 24.0. The van der Waals surface area contributed by atoms with Crippen LogP contribution in [0.5, 0.6) is 5.75 Å². The van der Waals surface area contributed by atoms with Crippen molar-refractivity contribution in [1.29, 1.82) is 0 Å². The third-order valence-electron chi connectivity index (χ3n) is 4.68. The summed E-state index contributed by atoms with van der Waals surface area (Å²) in [6.45, 7) is 12.5. The first-order valence-corrected chi connectivity index (χ1v) is 9.48. The molecular weight excluding hydrogens is 455 g/mol. The van der Waals surface area contributed by atoms with Crippen molar-refractivity contribution in [1.82, 2.24) is 15.5 Å². The molecule has 6 nitrogen and oxygen atoms in total. The van der Waals surface area contributed by atoms with E-state index in [9.17, 15) is 0 Å². The Kier molecular flexibility index (Phi) is 11.0. The van der Waals surface area contributed by atoms with Crippen LogP contribution in [0.3, 0.4) is 0 Å². The van der Waals surface area contributed by atoms with Crippen LogP contribution in [0, 0.1) is 6.92 Å². The third kappa shape index (κ3) is 8.66. The minimum Gasteiger partial charge on any atom is -0.494 e. The van der Waals surface area contributed by atoms with Gasteiger partial charge in [-0.2, -0.15) is 0 Å². The molecule has 0 saturated carbocycles. The van der Waals surface area contributed by atoms with Gasteiger partial charge in [-0.3, -0.25) is 9.89 Å². The lowest BCUT2D eigenvalue weighted by molar-refractivity contribution is -0.00833. The minimum absolute atomic E-state index is 0. The highest BCUT2D eigenvalue weighted by atomic mass is 127. The van der Waals surface area contributed by atoms with Crippen molar-refractivity contribution in [2.45, 2.75) is 32.7 Å². The number of nitrogens with zero attached hydrogens (tertiary/aromatic N) is 2. The van der Waals surface area contributed by atoms with Gasteiger partial charge in [0.15, 0.2) is 5.96 Å². The second-order valence-corrected chi connectivity index (χ2v) is 7.28. The normalized spacial score (nSPS) is 15.8. The topological polar surface area (TPSA) is 58.1 Å². The molecule has 0 aromatic heterocycles. The first-order valence-electron chi connectivity index (χ1n) is 9.48. The summed E-state index contributed by atoms with van der Waals surface area (Å²) in [5.74, 6) is 1.76. The number of aliphatic imine (C=N–C) groups is 1. The van der Waals surface area contributed by atoms with Crippen molar-refractivity contribution in [2.75, 3.05) is 53.0 Å². The lowest BCUT2D eigenvalue weighted by atomic mass is 10.0. The lowest BCUT2D eigenvalue weighted by Crippen LogP contribution is -2.56. The molecular formula is C20H35IN4O2. The molecule has 154 valence electrons. The van der Waals surface area contributed by atoms with Gasteiger partial charge in [0.1, 0.15) is 5.75 Å². The predicted octanol–water partition coefficient (Wildman–Crippen LogP) is 2.66. The molecule has 7 heteroatoms. The monoisotopic (exact) mass is 490 g/mol. The van der Waals surface area contributed by atoms with E-state index in [0.29, 0.717) is 6.61 Å². The van der Waals surface area contributed by atoms with Crippen LogP contribution < -0.4 is 15.4 Å². The highest BCUT2D eigenvalue weighted by Gasteiger charge is 2.28. The summed E-state index contributed by atoms with van der Waals surface area (Å²) in [6.07, 6.45) is 0.918. The summed E-state index contributed by atoms with van der Waals surface area (Å²) in [5, 5.41) is 6.79. The molecule has 0 amide bonds. The van der Waals surface area contributed by atoms with Crippen LogP contribution in [-0.2, 0) is 4.74 Å². The SMILES string of the molecule is CN=C(NCCCOc1ccc(C)cc1)NCC(C)(C)N1CCOCC1.I. The Labute approximate surface area is 181 Å². The Morgan fingerprint density at radius 3 is 2.48 bits per heavy atom. The number of hydrogen-bond acceptors (Lipinski definition) is 4. The molecule has 1 heterocycles. The fourth-order valence-corrected chi connectivity index (χ4v) is 2.90. The summed E-state index contributed by atoms with van der Waals surface area (Å²) in [7, 11) is 1.81. The maximum Gasteiger partial charge on any atom is 0.191 e. The largest absolute Gasteiger partial charge is 0.494 e. The number of guanidine groups is 1. The van der Waals surface area contributed by atoms with Crippen LogP contribution in [0.1, 0.15) is 25.8 Å². The zero-order valence-electron chi connectivity index (χ0n) is 17.1. The molecule has 1 aromatic carbocycles. The van der Waals surface area contributed by atoms with Crippen LogP contribution >= 0.6 is 24.0 Å². The summed E-state index contributed by atoms with van der Waals surface area (Å²) >= 11 is 0. The van der Waals surface area contributed by atoms with Gasteiger partial charge in [0, 0.05) is 38.8 Å². The molecule has 1 aliphatic rings. The Morgan fingerprint density at radius 2 is 1.85 bits per heavy atom. The molecule has 1 saturated heterocycles. The molecule has 27 heavy (non-hydrogen) atoms. The van der Waals surface area contributed by atoms with Gasteiger partial charge in [0.05, 0.1) is 19.8 Å². The van der Waals surface area contributed by atoms with Gasteiger partial charge < -0.3 is 20.1 Å². The standard InChI is InChI=1S/C20H34N4O2.HI/c1-17-6-8-18(9-7-17)26-13-5-10-22-19(21-4)23-16-20(2,3)24-11-14-25-15-12-24;/h6-9H,5,10-16H2,1-4H3,(H2,21,22,23);1H. The summed E-state index contributed by atoms with van der Waals surface area (Å²) < 4.78 is 11.2. The van der Waals surface area contributed by atoms with Gasteiger partial charge in [0.2, 0.25) is 0 Å². The van der Waals surface area contributed by atoms with Crippen LogP contribution in [0.2, 0.25) is 0 Å². The number of nitrogens with one attached hydrogen (secondary N) is 2. The zero-order chi connectivity index (χ0) is 18.8. The van der Waals surface area contributed by atoms with Gasteiger partial charge >= 0.3 is 0 Å². The van der Waals surface area contributed by atoms with E-state index >= 15 is 0 Å². The molecule has 1 aromatic rings. The first-order chi connectivity index (χ1) is 12.5. The Morgan fingerprint density at radius 1 is 1.19 bits per heavy atom. The van der Waals surface area contributed by atoms with Crippen LogP contribution in [0.15, 0.2) is 29.3 Å². The average Bonchev–Trinajstić information content (AvgIpc) is 2.66. The van der Waals surface area contributed by atoms with Gasteiger partial charge in [-0.15, -0.1) is 24.0 Å². The lowest BCUT2D eigenvalue weighted by Gasteiger charge is -2.41. The number of rotatable bonds is 8. The number of benzene rings is 1. The van der Waals surface area contributed by atoms with Crippen molar-refractivity contribution in [3.8, 4) is 5.75 Å². The quantitative estimate of drug-likeness (QED) is 0.254. The van der Waals surface area contributed by atoms with Crippen molar-refractivity contribution in [3.05, 3.63) is 29.8 Å². The van der Waals surface area contributed by atoms with Crippen molar-refractivity contribution in [2.24, 2.45) is 4.99 Å². The molecule has 2 rings (SSSR count). The maximum atomic E-state index is 5.75. The number of aryl methyl sites for hydroxylation is 1. The Hall–Kier alpha value is -1.06. The van der Waals surface area contributed by atoms with Crippen LogP contribution in [-0.4, -0.2) is 69.4 Å². The predicted molar refractivity (Wildman–Crippen MR) is 123 cm³/mol. The minimum atomic E-state index is 0. The second kappa shape index (κ2) is 12.4. The second-order valence-electron chi connectivity index (χ2n) is 7.28. The Bertz CT molecular complexity index is 558. The van der Waals surface area contributed by atoms with Gasteiger partial charge in [-0.05, 0) is 39.3 Å². The molecule has 1 aliphatic heterocycles. The fourth-order valence-electron chi connectivity index (χ4n) is 2.90. The molecule has 0 bridgehead atoms. The summed E-state index contributed by atoms with van der Waals surface area (Å²) in [5.41, 5.74) is 1.31. The van der Waals surface area contributed by atoms with Crippen molar-refractivity contribution < 1.29 is 9.47 Å². The zero-order valence-corrected chi connectivity index (χ0v) is 19.4. The molecule has 0 spiro atoms. The van der Waals surface area contributed by atoms with E-state index in [1.54, 1.807) is 7.05 Å². The number of halogens is 1. The summed E-state index contributed by atoms with van der Waals surface area (Å²) in [4.78, 5) is 6.78. The van der Waals surface area contributed by atoms with E-state index in [1.807, 2.05) is 12.1 Å². The number of morpholine rings is 1. The van der Waals surface area contributed by atoms with E-state index in [1.165, 1.54) is 5.56 Å². The maximum absolute atomic E-state index is 5.75. The van der Waals surface area contributed by atoms with Crippen molar-refractivity contribution >= 4 is 29.9 Å². The molecule has 0 aliphatic carbocycles. The van der Waals surface area contributed by atoms with Gasteiger partial charge in [-0.25, -0.2) is 0 Å².